The van der Waals surface area contributed by atoms with Gasteiger partial charge in [-0.3, -0.25) is 14.4 Å². The molecule has 8 nitrogen and oxygen atoms in total. The van der Waals surface area contributed by atoms with E-state index in [9.17, 15) is 14.4 Å². The zero-order valence-corrected chi connectivity index (χ0v) is 28.4. The number of pyridine rings is 1. The number of ether oxygens (including phenoxy) is 1. The lowest BCUT2D eigenvalue weighted by atomic mass is 9.86. The molecule has 3 aromatic rings. The van der Waals surface area contributed by atoms with Crippen molar-refractivity contribution < 1.29 is 19.1 Å². The lowest BCUT2D eigenvalue weighted by molar-refractivity contribution is -0.113. The summed E-state index contributed by atoms with van der Waals surface area (Å²) in [5.74, 6) is -0.106. The zero-order chi connectivity index (χ0) is 33.7. The first kappa shape index (κ1) is 36.6. The normalized spacial score (nSPS) is 11.7. The van der Waals surface area contributed by atoms with Crippen molar-refractivity contribution >= 4 is 34.7 Å². The van der Waals surface area contributed by atoms with Gasteiger partial charge >= 0.3 is 0 Å². The Labute approximate surface area is 268 Å². The van der Waals surface area contributed by atoms with Gasteiger partial charge in [0, 0.05) is 45.1 Å². The summed E-state index contributed by atoms with van der Waals surface area (Å²) in [6, 6.07) is 16.7. The highest BCUT2D eigenvalue weighted by atomic mass is 16.5. The number of hydrogen-bond acceptors (Lipinski definition) is 6. The Balaban J connectivity index is 0.00000345. The molecule has 0 aliphatic rings. The molecule has 2 aromatic carbocycles. The van der Waals surface area contributed by atoms with Crippen molar-refractivity contribution in [3.05, 3.63) is 106 Å². The van der Waals surface area contributed by atoms with Gasteiger partial charge in [0.2, 0.25) is 0 Å². The molecule has 3 rings (SSSR count). The molecule has 0 fully saturated rings. The van der Waals surface area contributed by atoms with E-state index in [-0.39, 0.29) is 23.0 Å². The predicted molar refractivity (Wildman–Crippen MR) is 185 cm³/mol. The number of hydrogen-bond donors (Lipinski definition) is 2. The van der Waals surface area contributed by atoms with Crippen LogP contribution in [0.15, 0.2) is 78.6 Å². The Morgan fingerprint density at radius 2 is 1.60 bits per heavy atom. The van der Waals surface area contributed by atoms with Crippen LogP contribution in [0.1, 0.15) is 85.9 Å². The lowest BCUT2D eigenvalue weighted by Crippen LogP contribution is -2.30. The number of methoxy groups -OCH3 is 1. The summed E-state index contributed by atoms with van der Waals surface area (Å²) in [5, 5.41) is 6.13. The SMILES string of the molecule is C/C=C(\C=C(\Nc1ccc(C(=O)N(C)CCOC)cn1)C(C)=O)c1cccc(NC(=O)c2ccc(C(C)(C)C)cc2)c1C.CC. The average Bonchev–Trinajstić information content (AvgIpc) is 3.03. The van der Waals surface area contributed by atoms with Crippen LogP contribution in [-0.4, -0.2) is 54.8 Å². The molecule has 0 saturated carbocycles. The lowest BCUT2D eigenvalue weighted by Gasteiger charge is -2.19. The number of ketones is 1. The maximum atomic E-state index is 13.1. The van der Waals surface area contributed by atoms with Crippen LogP contribution < -0.4 is 10.6 Å². The molecule has 0 saturated heterocycles. The second-order valence-corrected chi connectivity index (χ2v) is 11.4. The van der Waals surface area contributed by atoms with E-state index in [4.69, 9.17) is 4.74 Å². The first-order chi connectivity index (χ1) is 21.3. The number of Topliss-reactive ketones (excluding diaryl/α,β-unsaturated/α-hetero) is 1. The van der Waals surface area contributed by atoms with Gasteiger partial charge in [-0.05, 0) is 77.9 Å². The van der Waals surface area contributed by atoms with Crippen molar-refractivity contribution in [3.8, 4) is 0 Å². The summed E-state index contributed by atoms with van der Waals surface area (Å²) in [6.45, 7) is 16.6. The maximum Gasteiger partial charge on any atom is 0.255 e. The molecule has 2 amide bonds. The minimum absolute atomic E-state index is 0.00355. The number of amides is 2. The number of carbonyl (C=O) groups excluding carboxylic acids is 3. The smallest absolute Gasteiger partial charge is 0.255 e. The molecule has 1 heterocycles. The van der Waals surface area contributed by atoms with Crippen molar-refractivity contribution in [3.63, 3.8) is 0 Å². The topological polar surface area (TPSA) is 101 Å². The van der Waals surface area contributed by atoms with Gasteiger partial charge in [-0.2, -0.15) is 0 Å². The second kappa shape index (κ2) is 17.1. The van der Waals surface area contributed by atoms with Crippen LogP contribution in [0.5, 0.6) is 0 Å². The number of aromatic nitrogens is 1. The van der Waals surface area contributed by atoms with Gasteiger partial charge in [0.05, 0.1) is 17.9 Å². The molecule has 0 unspecified atom stereocenters. The van der Waals surface area contributed by atoms with E-state index in [0.717, 1.165) is 22.3 Å². The molecule has 2 N–H and O–H groups in total. The van der Waals surface area contributed by atoms with Crippen molar-refractivity contribution in [2.24, 2.45) is 0 Å². The van der Waals surface area contributed by atoms with Crippen LogP contribution in [0.2, 0.25) is 0 Å². The summed E-state index contributed by atoms with van der Waals surface area (Å²) < 4.78 is 5.04. The van der Waals surface area contributed by atoms with Crippen LogP contribution in [0.3, 0.4) is 0 Å². The Bertz CT molecular complexity index is 1520. The number of rotatable bonds is 11. The van der Waals surface area contributed by atoms with E-state index >= 15 is 0 Å². The largest absolute Gasteiger partial charge is 0.383 e. The standard InChI is InChI=1S/C35H42N4O4.C2H6/c1-9-25(21-31(24(3)40)37-32-18-15-27(22-36-32)34(42)39(7)19-20-43-8)29-11-10-12-30(23(29)2)38-33(41)26-13-16-28(17-14-26)35(4,5)6;1-2/h9-18,21-22H,19-20H2,1-8H3,(H,36,37)(H,38,41);1-2H3/b25-9+,31-21+;. The highest BCUT2D eigenvalue weighted by Gasteiger charge is 2.17. The van der Waals surface area contributed by atoms with Crippen LogP contribution in [0, 0.1) is 6.92 Å². The molecule has 0 bridgehead atoms. The van der Waals surface area contributed by atoms with Crippen LogP contribution in [-0.2, 0) is 14.9 Å². The molecular weight excluding hydrogens is 564 g/mol. The van der Waals surface area contributed by atoms with Gasteiger partial charge in [-0.15, -0.1) is 0 Å². The monoisotopic (exact) mass is 612 g/mol. The number of benzene rings is 2. The summed E-state index contributed by atoms with van der Waals surface area (Å²) in [7, 11) is 3.29. The third-order valence-electron chi connectivity index (χ3n) is 7.15. The van der Waals surface area contributed by atoms with Gasteiger partial charge < -0.3 is 20.3 Å². The molecule has 0 aliphatic heterocycles. The Morgan fingerprint density at radius 1 is 0.956 bits per heavy atom. The Hall–Kier alpha value is -4.56. The van der Waals surface area contributed by atoms with Gasteiger partial charge in [-0.25, -0.2) is 4.98 Å². The molecule has 0 spiro atoms. The molecule has 240 valence electrons. The second-order valence-electron chi connectivity index (χ2n) is 11.4. The fourth-order valence-corrected chi connectivity index (χ4v) is 4.38. The van der Waals surface area contributed by atoms with Crippen LogP contribution in [0.25, 0.3) is 5.57 Å². The Kier molecular flexibility index (Phi) is 13.9. The molecule has 8 heteroatoms. The molecule has 0 aliphatic carbocycles. The summed E-state index contributed by atoms with van der Waals surface area (Å²) in [6.07, 6.45) is 5.16. The number of nitrogens with one attached hydrogen (secondary N) is 2. The zero-order valence-electron chi connectivity index (χ0n) is 28.4. The van der Waals surface area contributed by atoms with E-state index in [1.807, 2.05) is 76.2 Å². The van der Waals surface area contributed by atoms with Crippen molar-refractivity contribution in [2.45, 2.75) is 60.8 Å². The number of allylic oxidation sites excluding steroid dienone is 4. The van der Waals surface area contributed by atoms with E-state index in [1.165, 1.54) is 13.1 Å². The van der Waals surface area contributed by atoms with Crippen molar-refractivity contribution in [1.29, 1.82) is 0 Å². The molecule has 1 aromatic heterocycles. The van der Waals surface area contributed by atoms with Gasteiger partial charge in [0.15, 0.2) is 5.78 Å². The minimum Gasteiger partial charge on any atom is -0.383 e. The maximum absolute atomic E-state index is 13.1. The Morgan fingerprint density at radius 3 is 2.13 bits per heavy atom. The fourth-order valence-electron chi connectivity index (χ4n) is 4.38. The summed E-state index contributed by atoms with van der Waals surface area (Å²) in [4.78, 5) is 44.2. The van der Waals surface area contributed by atoms with Gasteiger partial charge in [-0.1, -0.05) is 65.0 Å². The van der Waals surface area contributed by atoms with Crippen molar-refractivity contribution in [2.75, 3.05) is 37.9 Å². The third kappa shape index (κ3) is 10.3. The first-order valence-corrected chi connectivity index (χ1v) is 15.2. The number of nitrogens with zero attached hydrogens (tertiary/aromatic N) is 2. The first-order valence-electron chi connectivity index (χ1n) is 15.2. The number of likely N-dealkylation sites (N-methyl/N-ethyl adjacent to an activating group) is 1. The van der Waals surface area contributed by atoms with Gasteiger partial charge in [0.1, 0.15) is 5.82 Å². The fraction of sp³-hybridized carbons (Fsp3) is 0.351. The van der Waals surface area contributed by atoms with E-state index in [1.54, 1.807) is 37.3 Å². The molecule has 0 atom stereocenters. The molecule has 45 heavy (non-hydrogen) atoms. The number of carbonyl (C=O) groups is 3. The van der Waals surface area contributed by atoms with E-state index in [2.05, 4.69) is 36.4 Å². The average molecular weight is 613 g/mol. The van der Waals surface area contributed by atoms with Crippen LogP contribution in [0.4, 0.5) is 11.5 Å². The number of anilines is 2. The minimum atomic E-state index is -0.192. The van der Waals surface area contributed by atoms with E-state index < -0.39 is 0 Å². The highest BCUT2D eigenvalue weighted by Crippen LogP contribution is 2.28. The quantitative estimate of drug-likeness (QED) is 0.170. The molecular formula is C37H48N4O4. The van der Waals surface area contributed by atoms with Crippen LogP contribution >= 0.6 is 0 Å². The third-order valence-corrected chi connectivity index (χ3v) is 7.15. The predicted octanol–water partition coefficient (Wildman–Crippen LogP) is 7.67. The molecule has 0 radical (unpaired) electrons. The van der Waals surface area contributed by atoms with Crippen molar-refractivity contribution in [1.82, 2.24) is 9.88 Å². The summed E-state index contributed by atoms with van der Waals surface area (Å²) in [5.41, 5.74) is 5.74. The summed E-state index contributed by atoms with van der Waals surface area (Å²) >= 11 is 0. The van der Waals surface area contributed by atoms with Gasteiger partial charge in [0.25, 0.3) is 11.8 Å². The van der Waals surface area contributed by atoms with E-state index in [0.29, 0.717) is 41.5 Å². The highest BCUT2D eigenvalue weighted by molar-refractivity contribution is 6.05.